The fourth-order valence-electron chi connectivity index (χ4n) is 1.98. The molecule has 0 aliphatic carbocycles. The number of nitrogens with one attached hydrogen (secondary N) is 2. The number of hydrogen-bond donors (Lipinski definition) is 3. The Balaban J connectivity index is 2.17. The molecule has 2 rings (SSSR count). The number of carboxylic acids is 1. The van der Waals surface area contributed by atoms with Crippen molar-refractivity contribution in [3.8, 4) is 5.75 Å². The van der Waals surface area contributed by atoms with Crippen molar-refractivity contribution in [3.63, 3.8) is 0 Å². The molecule has 0 saturated heterocycles. The monoisotopic (exact) mass is 490 g/mol. The lowest BCUT2D eigenvalue weighted by molar-refractivity contribution is 0.0697. The zero-order valence-electron chi connectivity index (χ0n) is 12.8. The molecule has 0 aliphatic rings. The van der Waals surface area contributed by atoms with Crippen molar-refractivity contribution < 1.29 is 19.4 Å². The Morgan fingerprint density at radius 1 is 1.20 bits per heavy atom. The Morgan fingerprint density at radius 2 is 1.92 bits per heavy atom. The van der Waals surface area contributed by atoms with Crippen LogP contribution in [-0.4, -0.2) is 29.2 Å². The first-order chi connectivity index (χ1) is 11.8. The zero-order valence-corrected chi connectivity index (χ0v) is 16.5. The summed E-state index contributed by atoms with van der Waals surface area (Å²) in [5.74, 6) is -1.30. The van der Waals surface area contributed by atoms with E-state index in [1.54, 1.807) is 24.3 Å². The quantitative estimate of drug-likeness (QED) is 0.447. The van der Waals surface area contributed by atoms with Gasteiger partial charge in [0.1, 0.15) is 5.75 Å². The lowest BCUT2D eigenvalue weighted by Crippen LogP contribution is -2.34. The van der Waals surface area contributed by atoms with Gasteiger partial charge in [-0.1, -0.05) is 11.6 Å². The molecule has 2 aromatic rings. The lowest BCUT2D eigenvalue weighted by atomic mass is 10.2. The molecule has 25 heavy (non-hydrogen) atoms. The number of carboxylic acid groups (broad SMARTS) is 1. The number of anilines is 1. The molecular formula is C16H12ClIN2O4S. The largest absolute Gasteiger partial charge is 0.496 e. The van der Waals surface area contributed by atoms with Crippen molar-refractivity contribution >= 4 is 69.1 Å². The second-order valence-corrected chi connectivity index (χ2v) is 6.84. The molecule has 0 fully saturated rings. The Kier molecular flexibility index (Phi) is 6.57. The minimum absolute atomic E-state index is 0.0452. The summed E-state index contributed by atoms with van der Waals surface area (Å²) in [6, 6.07) is 9.40. The summed E-state index contributed by atoms with van der Waals surface area (Å²) >= 11 is 13.0. The number of thiocarbonyl (C=S) groups is 1. The van der Waals surface area contributed by atoms with E-state index in [2.05, 4.69) is 10.6 Å². The van der Waals surface area contributed by atoms with Crippen LogP contribution >= 0.6 is 46.4 Å². The van der Waals surface area contributed by atoms with Gasteiger partial charge in [-0.15, -0.1) is 0 Å². The van der Waals surface area contributed by atoms with Crippen LogP contribution in [0, 0.1) is 3.57 Å². The first-order valence-corrected chi connectivity index (χ1v) is 8.67. The van der Waals surface area contributed by atoms with Crippen LogP contribution in [0.25, 0.3) is 0 Å². The molecule has 0 bridgehead atoms. The maximum absolute atomic E-state index is 12.4. The molecular weight excluding hydrogens is 479 g/mol. The van der Waals surface area contributed by atoms with E-state index in [9.17, 15) is 14.7 Å². The summed E-state index contributed by atoms with van der Waals surface area (Å²) in [7, 11) is 1.43. The van der Waals surface area contributed by atoms with Gasteiger partial charge in [-0.25, -0.2) is 4.79 Å². The molecule has 9 heteroatoms. The number of rotatable bonds is 4. The molecule has 0 aliphatic heterocycles. The van der Waals surface area contributed by atoms with E-state index in [1.165, 1.54) is 19.2 Å². The summed E-state index contributed by atoms with van der Waals surface area (Å²) in [5, 5.41) is 14.8. The number of carbonyl (C=O) groups excluding carboxylic acids is 1. The third kappa shape index (κ3) is 5.03. The highest BCUT2D eigenvalue weighted by molar-refractivity contribution is 14.1. The minimum Gasteiger partial charge on any atom is -0.496 e. The van der Waals surface area contributed by atoms with Crippen molar-refractivity contribution in [2.24, 2.45) is 0 Å². The molecule has 0 unspecified atom stereocenters. The smallest absolute Gasteiger partial charge is 0.337 e. The molecule has 130 valence electrons. The van der Waals surface area contributed by atoms with E-state index < -0.39 is 11.9 Å². The highest BCUT2D eigenvalue weighted by Crippen LogP contribution is 2.23. The molecule has 0 spiro atoms. The van der Waals surface area contributed by atoms with E-state index >= 15 is 0 Å². The Hall–Kier alpha value is -1.91. The van der Waals surface area contributed by atoms with Crippen molar-refractivity contribution in [3.05, 3.63) is 56.1 Å². The summed E-state index contributed by atoms with van der Waals surface area (Å²) in [6.07, 6.45) is 0. The number of ether oxygens (including phenoxy) is 1. The van der Waals surface area contributed by atoms with Crippen LogP contribution < -0.4 is 15.4 Å². The van der Waals surface area contributed by atoms with Crippen LogP contribution in [0.3, 0.4) is 0 Å². The normalized spacial score (nSPS) is 10.0. The molecule has 0 aromatic heterocycles. The molecule has 2 aromatic carbocycles. The SMILES string of the molecule is COc1ccc(Cl)cc1C(=O)NC(=S)Nc1ccc(I)cc1C(=O)O. The Morgan fingerprint density at radius 3 is 2.56 bits per heavy atom. The van der Waals surface area contributed by atoms with Crippen molar-refractivity contribution in [2.45, 2.75) is 0 Å². The molecule has 0 saturated carbocycles. The molecule has 6 nitrogen and oxygen atoms in total. The standard InChI is InChI=1S/C16H12ClIN2O4S/c1-24-13-5-2-8(17)6-11(13)14(21)20-16(25)19-12-4-3-9(18)7-10(12)15(22)23/h2-7H,1H3,(H,22,23)(H2,19,20,21,25). The maximum atomic E-state index is 12.4. The number of benzene rings is 2. The summed E-state index contributed by atoms with van der Waals surface area (Å²) in [6.45, 7) is 0. The number of amides is 1. The predicted molar refractivity (Wildman–Crippen MR) is 108 cm³/mol. The van der Waals surface area contributed by atoms with Crippen LogP contribution in [0.15, 0.2) is 36.4 Å². The van der Waals surface area contributed by atoms with Gasteiger partial charge in [-0.2, -0.15) is 0 Å². The van der Waals surface area contributed by atoms with Crippen LogP contribution in [0.5, 0.6) is 5.75 Å². The maximum Gasteiger partial charge on any atom is 0.337 e. The molecule has 3 N–H and O–H groups in total. The van der Waals surface area contributed by atoms with Gasteiger partial charge in [-0.05, 0) is 71.2 Å². The van der Waals surface area contributed by atoms with Gasteiger partial charge in [0.15, 0.2) is 5.11 Å². The van der Waals surface area contributed by atoms with E-state index in [-0.39, 0.29) is 21.9 Å². The fourth-order valence-corrected chi connectivity index (χ4v) is 2.85. The number of halogens is 2. The van der Waals surface area contributed by atoms with Gasteiger partial charge in [-0.3, -0.25) is 10.1 Å². The number of carbonyl (C=O) groups is 2. The second-order valence-electron chi connectivity index (χ2n) is 4.75. The van der Waals surface area contributed by atoms with E-state index in [0.29, 0.717) is 10.8 Å². The van der Waals surface area contributed by atoms with Crippen LogP contribution in [-0.2, 0) is 0 Å². The highest BCUT2D eigenvalue weighted by atomic mass is 127. The van der Waals surface area contributed by atoms with Gasteiger partial charge >= 0.3 is 5.97 Å². The lowest BCUT2D eigenvalue weighted by Gasteiger charge is -2.13. The van der Waals surface area contributed by atoms with Crippen LogP contribution in [0.2, 0.25) is 5.02 Å². The van der Waals surface area contributed by atoms with Crippen molar-refractivity contribution in [2.75, 3.05) is 12.4 Å². The van der Waals surface area contributed by atoms with Gasteiger partial charge in [0.25, 0.3) is 5.91 Å². The third-order valence-corrected chi connectivity index (χ3v) is 4.20. The van der Waals surface area contributed by atoms with Gasteiger partial charge < -0.3 is 15.2 Å². The van der Waals surface area contributed by atoms with Crippen LogP contribution in [0.4, 0.5) is 5.69 Å². The van der Waals surface area contributed by atoms with Crippen molar-refractivity contribution in [1.82, 2.24) is 5.32 Å². The van der Waals surface area contributed by atoms with Gasteiger partial charge in [0.2, 0.25) is 0 Å². The second kappa shape index (κ2) is 8.45. The summed E-state index contributed by atoms with van der Waals surface area (Å²) in [5.41, 5.74) is 0.528. The number of hydrogen-bond acceptors (Lipinski definition) is 4. The zero-order chi connectivity index (χ0) is 18.6. The number of aromatic carboxylic acids is 1. The third-order valence-electron chi connectivity index (χ3n) is 3.09. The summed E-state index contributed by atoms with van der Waals surface area (Å²) < 4.78 is 5.89. The van der Waals surface area contributed by atoms with Crippen molar-refractivity contribution in [1.29, 1.82) is 0 Å². The topological polar surface area (TPSA) is 87.7 Å². The van der Waals surface area contributed by atoms with E-state index in [4.69, 9.17) is 28.6 Å². The average Bonchev–Trinajstić information content (AvgIpc) is 2.56. The van der Waals surface area contributed by atoms with Gasteiger partial charge in [0, 0.05) is 8.59 Å². The highest BCUT2D eigenvalue weighted by Gasteiger charge is 2.16. The minimum atomic E-state index is -1.10. The molecule has 0 atom stereocenters. The first kappa shape index (κ1) is 19.4. The number of methoxy groups -OCH3 is 1. The molecule has 0 radical (unpaired) electrons. The average molecular weight is 491 g/mol. The van der Waals surface area contributed by atoms with E-state index in [0.717, 1.165) is 3.57 Å². The molecule has 1 amide bonds. The Bertz CT molecular complexity index is 860. The van der Waals surface area contributed by atoms with Crippen LogP contribution in [0.1, 0.15) is 20.7 Å². The Labute approximate surface area is 167 Å². The van der Waals surface area contributed by atoms with E-state index in [1.807, 2.05) is 22.6 Å². The van der Waals surface area contributed by atoms with Gasteiger partial charge in [0.05, 0.1) is 23.9 Å². The predicted octanol–water partition coefficient (Wildman–Crippen LogP) is 3.78. The summed E-state index contributed by atoms with van der Waals surface area (Å²) in [4.78, 5) is 23.7. The fraction of sp³-hybridized carbons (Fsp3) is 0.0625. The molecule has 0 heterocycles. The first-order valence-electron chi connectivity index (χ1n) is 6.80.